The summed E-state index contributed by atoms with van der Waals surface area (Å²) in [5.41, 5.74) is 1.09. The van der Waals surface area contributed by atoms with Gasteiger partial charge < -0.3 is 14.6 Å². The van der Waals surface area contributed by atoms with E-state index in [1.165, 1.54) is 0 Å². The molecule has 4 heteroatoms. The summed E-state index contributed by atoms with van der Waals surface area (Å²) in [6, 6.07) is 7.66. The van der Waals surface area contributed by atoms with Crippen molar-refractivity contribution in [3.63, 3.8) is 0 Å². The lowest BCUT2D eigenvalue weighted by atomic mass is 10.1. The normalized spacial score (nSPS) is 12.9. The van der Waals surface area contributed by atoms with Crippen molar-refractivity contribution < 1.29 is 14.6 Å². The van der Waals surface area contributed by atoms with E-state index in [0.717, 1.165) is 18.7 Å². The molecule has 1 atom stereocenters. The number of methoxy groups -OCH3 is 2. The maximum Gasteiger partial charge on any atom is 0.115 e. The third-order valence-corrected chi connectivity index (χ3v) is 2.91. The molecule has 4 nitrogen and oxygen atoms in total. The van der Waals surface area contributed by atoms with Crippen LogP contribution in [0.3, 0.4) is 0 Å². The molecule has 102 valence electrons. The van der Waals surface area contributed by atoms with Crippen LogP contribution in [-0.4, -0.2) is 50.0 Å². The summed E-state index contributed by atoms with van der Waals surface area (Å²) in [6.45, 7) is 5.12. The molecule has 1 unspecified atom stereocenters. The van der Waals surface area contributed by atoms with Crippen LogP contribution in [0.15, 0.2) is 24.3 Å². The highest BCUT2D eigenvalue weighted by Crippen LogP contribution is 2.14. The topological polar surface area (TPSA) is 41.9 Å². The Morgan fingerprint density at radius 2 is 2.06 bits per heavy atom. The molecule has 0 aromatic heterocycles. The fourth-order valence-corrected chi connectivity index (χ4v) is 1.90. The molecule has 1 N–H and O–H groups in total. The van der Waals surface area contributed by atoms with Gasteiger partial charge in [-0.2, -0.15) is 0 Å². The number of aromatic hydroxyl groups is 1. The van der Waals surface area contributed by atoms with Gasteiger partial charge in [0.1, 0.15) is 5.75 Å². The molecule has 0 fully saturated rings. The SMILES string of the molecule is COCCN(Cc1cccc(O)c1)C(C)COC. The minimum Gasteiger partial charge on any atom is -0.508 e. The van der Waals surface area contributed by atoms with Crippen LogP contribution in [0.2, 0.25) is 0 Å². The zero-order chi connectivity index (χ0) is 13.4. The molecule has 0 amide bonds. The van der Waals surface area contributed by atoms with Crippen LogP contribution in [0, 0.1) is 0 Å². The lowest BCUT2D eigenvalue weighted by Gasteiger charge is -2.28. The van der Waals surface area contributed by atoms with Crippen LogP contribution in [0.4, 0.5) is 0 Å². The Bertz CT molecular complexity index is 344. The van der Waals surface area contributed by atoms with E-state index in [0.29, 0.717) is 25.0 Å². The zero-order valence-electron chi connectivity index (χ0n) is 11.4. The summed E-state index contributed by atoms with van der Waals surface area (Å²) in [7, 11) is 3.41. The van der Waals surface area contributed by atoms with E-state index >= 15 is 0 Å². The Labute approximate surface area is 109 Å². The summed E-state index contributed by atoms with van der Waals surface area (Å²) in [5.74, 6) is 0.304. The van der Waals surface area contributed by atoms with Crippen molar-refractivity contribution in [1.29, 1.82) is 0 Å². The molecule has 1 rings (SSSR count). The first-order valence-electron chi connectivity index (χ1n) is 6.17. The van der Waals surface area contributed by atoms with E-state index in [2.05, 4.69) is 11.8 Å². The van der Waals surface area contributed by atoms with Crippen LogP contribution in [0.5, 0.6) is 5.75 Å². The van der Waals surface area contributed by atoms with Crippen molar-refractivity contribution in [1.82, 2.24) is 4.90 Å². The molecule has 0 saturated carbocycles. The first kappa shape index (κ1) is 15.0. The Kier molecular flexibility index (Phi) is 6.72. The third-order valence-electron chi connectivity index (χ3n) is 2.91. The van der Waals surface area contributed by atoms with Crippen molar-refractivity contribution in [2.45, 2.75) is 19.5 Å². The van der Waals surface area contributed by atoms with Crippen molar-refractivity contribution >= 4 is 0 Å². The van der Waals surface area contributed by atoms with Gasteiger partial charge in [-0.15, -0.1) is 0 Å². The van der Waals surface area contributed by atoms with Crippen LogP contribution in [0.25, 0.3) is 0 Å². The monoisotopic (exact) mass is 253 g/mol. The van der Waals surface area contributed by atoms with E-state index in [1.807, 2.05) is 12.1 Å². The van der Waals surface area contributed by atoms with Gasteiger partial charge in [0, 0.05) is 33.4 Å². The second-order valence-corrected chi connectivity index (χ2v) is 4.44. The predicted octanol–water partition coefficient (Wildman–Crippen LogP) is 1.88. The Balaban J connectivity index is 2.64. The average molecular weight is 253 g/mol. The minimum atomic E-state index is 0.304. The molecule has 0 aliphatic carbocycles. The van der Waals surface area contributed by atoms with E-state index in [1.54, 1.807) is 26.4 Å². The highest BCUT2D eigenvalue weighted by molar-refractivity contribution is 5.27. The van der Waals surface area contributed by atoms with Crippen molar-refractivity contribution in [2.24, 2.45) is 0 Å². The number of phenolic OH excluding ortho intramolecular Hbond substituents is 1. The van der Waals surface area contributed by atoms with Gasteiger partial charge in [0.25, 0.3) is 0 Å². The molecule has 18 heavy (non-hydrogen) atoms. The van der Waals surface area contributed by atoms with Crippen molar-refractivity contribution in [2.75, 3.05) is 34.0 Å². The van der Waals surface area contributed by atoms with Gasteiger partial charge in [0.2, 0.25) is 0 Å². The molecular weight excluding hydrogens is 230 g/mol. The highest BCUT2D eigenvalue weighted by atomic mass is 16.5. The molecule has 0 saturated heterocycles. The van der Waals surface area contributed by atoms with E-state index in [4.69, 9.17) is 9.47 Å². The fraction of sp³-hybridized carbons (Fsp3) is 0.571. The summed E-state index contributed by atoms with van der Waals surface area (Å²) < 4.78 is 10.3. The standard InChI is InChI=1S/C14H23NO3/c1-12(11-18-3)15(7-8-17-2)10-13-5-4-6-14(16)9-13/h4-6,9,12,16H,7-8,10-11H2,1-3H3. The van der Waals surface area contributed by atoms with Crippen LogP contribution in [0.1, 0.15) is 12.5 Å². The lowest BCUT2D eigenvalue weighted by molar-refractivity contribution is 0.0705. The second kappa shape index (κ2) is 8.08. The lowest BCUT2D eigenvalue weighted by Crippen LogP contribution is -2.38. The molecule has 0 radical (unpaired) electrons. The molecule has 0 heterocycles. The van der Waals surface area contributed by atoms with Gasteiger partial charge >= 0.3 is 0 Å². The zero-order valence-corrected chi connectivity index (χ0v) is 11.4. The molecule has 0 spiro atoms. The summed E-state index contributed by atoms with van der Waals surface area (Å²) in [4.78, 5) is 2.28. The first-order chi connectivity index (χ1) is 8.67. The molecular formula is C14H23NO3. The van der Waals surface area contributed by atoms with Gasteiger partial charge in [-0.1, -0.05) is 12.1 Å². The van der Waals surface area contributed by atoms with Crippen molar-refractivity contribution in [3.05, 3.63) is 29.8 Å². The van der Waals surface area contributed by atoms with Gasteiger partial charge in [-0.05, 0) is 24.6 Å². The van der Waals surface area contributed by atoms with E-state index in [-0.39, 0.29) is 0 Å². The Morgan fingerprint density at radius 1 is 1.28 bits per heavy atom. The van der Waals surface area contributed by atoms with Crippen molar-refractivity contribution in [3.8, 4) is 5.75 Å². The highest BCUT2D eigenvalue weighted by Gasteiger charge is 2.14. The average Bonchev–Trinajstić information content (AvgIpc) is 2.34. The largest absolute Gasteiger partial charge is 0.508 e. The smallest absolute Gasteiger partial charge is 0.115 e. The maximum absolute atomic E-state index is 9.48. The summed E-state index contributed by atoms with van der Waals surface area (Å²) >= 11 is 0. The minimum absolute atomic E-state index is 0.304. The molecule has 1 aromatic carbocycles. The molecule has 0 bridgehead atoms. The number of ether oxygens (including phenoxy) is 2. The fourth-order valence-electron chi connectivity index (χ4n) is 1.90. The number of nitrogens with zero attached hydrogens (tertiary/aromatic N) is 1. The van der Waals surface area contributed by atoms with E-state index in [9.17, 15) is 5.11 Å². The quantitative estimate of drug-likeness (QED) is 0.768. The molecule has 0 aliphatic rings. The number of benzene rings is 1. The van der Waals surface area contributed by atoms with Gasteiger partial charge in [-0.3, -0.25) is 4.90 Å². The third kappa shape index (κ3) is 5.04. The summed E-state index contributed by atoms with van der Waals surface area (Å²) in [6.07, 6.45) is 0. The number of phenols is 1. The Hall–Kier alpha value is -1.10. The molecule has 0 aliphatic heterocycles. The van der Waals surface area contributed by atoms with Gasteiger partial charge in [0.05, 0.1) is 13.2 Å². The second-order valence-electron chi connectivity index (χ2n) is 4.44. The predicted molar refractivity (Wildman–Crippen MR) is 71.7 cm³/mol. The maximum atomic E-state index is 9.48. The van der Waals surface area contributed by atoms with Gasteiger partial charge in [0.15, 0.2) is 0 Å². The number of hydrogen-bond donors (Lipinski definition) is 1. The number of rotatable bonds is 8. The van der Waals surface area contributed by atoms with Crippen LogP contribution >= 0.6 is 0 Å². The van der Waals surface area contributed by atoms with Gasteiger partial charge in [-0.25, -0.2) is 0 Å². The first-order valence-corrected chi connectivity index (χ1v) is 6.17. The van der Waals surface area contributed by atoms with Crippen LogP contribution in [-0.2, 0) is 16.0 Å². The van der Waals surface area contributed by atoms with E-state index < -0.39 is 0 Å². The summed E-state index contributed by atoms with van der Waals surface area (Å²) in [5, 5.41) is 9.48. The van der Waals surface area contributed by atoms with Crippen LogP contribution < -0.4 is 0 Å². The molecule has 1 aromatic rings. The Morgan fingerprint density at radius 3 is 2.67 bits per heavy atom. The number of hydrogen-bond acceptors (Lipinski definition) is 4.